The number of esters is 2. The Morgan fingerprint density at radius 1 is 1.04 bits per heavy atom. The fraction of sp³-hybridized carbons (Fsp3) is 0.524. The van der Waals surface area contributed by atoms with Crippen LogP contribution >= 0.6 is 0 Å². The van der Waals surface area contributed by atoms with E-state index in [1.807, 2.05) is 6.07 Å². The third kappa shape index (κ3) is 3.64. The summed E-state index contributed by atoms with van der Waals surface area (Å²) in [6, 6.07) is 8.79. The van der Waals surface area contributed by atoms with Gasteiger partial charge in [-0.15, -0.1) is 0 Å². The molecule has 1 saturated heterocycles. The summed E-state index contributed by atoms with van der Waals surface area (Å²) in [6.07, 6.45) is 5.54. The lowest BCUT2D eigenvalue weighted by Crippen LogP contribution is -2.42. The maximum atomic E-state index is 12.6. The van der Waals surface area contributed by atoms with E-state index in [-0.39, 0.29) is 6.10 Å². The first-order chi connectivity index (χ1) is 13.1. The highest BCUT2D eigenvalue weighted by Gasteiger charge is 2.53. The molecule has 0 unspecified atom stereocenters. The first-order valence-corrected chi connectivity index (χ1v) is 9.51. The second-order valence-electron chi connectivity index (χ2n) is 7.33. The molecule has 1 aliphatic heterocycles. The first kappa shape index (κ1) is 18.2. The van der Waals surface area contributed by atoms with Crippen molar-refractivity contribution in [2.24, 2.45) is 0 Å². The van der Waals surface area contributed by atoms with Crippen molar-refractivity contribution in [1.82, 2.24) is 0 Å². The second-order valence-corrected chi connectivity index (χ2v) is 7.33. The van der Waals surface area contributed by atoms with Gasteiger partial charge in [0, 0.05) is 24.8 Å². The van der Waals surface area contributed by atoms with Gasteiger partial charge in [-0.1, -0.05) is 24.6 Å². The quantitative estimate of drug-likeness (QED) is 0.759. The Morgan fingerprint density at radius 3 is 2.48 bits per heavy atom. The van der Waals surface area contributed by atoms with Crippen LogP contribution in [0.25, 0.3) is 0 Å². The standard InChI is InChI=1S/C21H24O6/c1-24-19(22)15-12-16(25-20(23)14-8-4-2-5-9-14)18-17(13-15)26-21(27-18)10-6-3-7-11-21/h2,4-5,8-9,12,16-18H,3,6-7,10-11,13H2,1H3/t16-,17-,18+/m1/s1. The zero-order chi connectivity index (χ0) is 18.9. The Balaban J connectivity index is 1.57. The van der Waals surface area contributed by atoms with Gasteiger partial charge in [0.1, 0.15) is 12.2 Å². The number of methoxy groups -OCH3 is 1. The molecule has 27 heavy (non-hydrogen) atoms. The van der Waals surface area contributed by atoms with Gasteiger partial charge in [-0.05, 0) is 31.1 Å². The van der Waals surface area contributed by atoms with Gasteiger partial charge in [-0.3, -0.25) is 0 Å². The van der Waals surface area contributed by atoms with E-state index in [0.717, 1.165) is 25.7 Å². The van der Waals surface area contributed by atoms with Crippen molar-refractivity contribution >= 4 is 11.9 Å². The van der Waals surface area contributed by atoms with E-state index in [0.29, 0.717) is 17.6 Å². The van der Waals surface area contributed by atoms with Crippen molar-refractivity contribution in [2.75, 3.05) is 7.11 Å². The molecule has 1 heterocycles. The molecule has 1 aromatic rings. The van der Waals surface area contributed by atoms with Crippen LogP contribution in [0.2, 0.25) is 0 Å². The highest BCUT2D eigenvalue weighted by atomic mass is 16.8. The molecule has 3 aliphatic rings. The maximum Gasteiger partial charge on any atom is 0.338 e. The van der Waals surface area contributed by atoms with Crippen LogP contribution in [0.5, 0.6) is 0 Å². The smallest absolute Gasteiger partial charge is 0.338 e. The van der Waals surface area contributed by atoms with Crippen molar-refractivity contribution in [2.45, 2.75) is 62.6 Å². The molecule has 0 aromatic heterocycles. The Kier molecular flexibility index (Phi) is 5.02. The summed E-state index contributed by atoms with van der Waals surface area (Å²) >= 11 is 0. The largest absolute Gasteiger partial charge is 0.466 e. The summed E-state index contributed by atoms with van der Waals surface area (Å²) in [6.45, 7) is 0. The normalized spacial score (nSPS) is 28.9. The zero-order valence-corrected chi connectivity index (χ0v) is 15.4. The van der Waals surface area contributed by atoms with E-state index in [4.69, 9.17) is 18.9 Å². The summed E-state index contributed by atoms with van der Waals surface area (Å²) in [5.41, 5.74) is 0.917. The SMILES string of the molecule is COC(=O)C1=C[C@@H](OC(=O)c2ccccc2)[C@@H]2OC3(CCCCC3)O[C@@H]2C1. The molecule has 2 fully saturated rings. The number of carbonyl (C=O) groups is 2. The van der Waals surface area contributed by atoms with E-state index >= 15 is 0 Å². The van der Waals surface area contributed by atoms with Crippen molar-refractivity contribution in [1.29, 1.82) is 0 Å². The Morgan fingerprint density at radius 2 is 1.78 bits per heavy atom. The minimum Gasteiger partial charge on any atom is -0.466 e. The lowest BCUT2D eigenvalue weighted by atomic mass is 9.92. The highest BCUT2D eigenvalue weighted by molar-refractivity contribution is 5.90. The molecule has 1 aromatic carbocycles. The summed E-state index contributed by atoms with van der Waals surface area (Å²) < 4.78 is 23.2. The molecule has 4 rings (SSSR count). The second kappa shape index (κ2) is 7.44. The van der Waals surface area contributed by atoms with Gasteiger partial charge in [0.15, 0.2) is 5.79 Å². The Bertz CT molecular complexity index is 734. The monoisotopic (exact) mass is 372 g/mol. The number of hydrogen-bond acceptors (Lipinski definition) is 6. The van der Waals surface area contributed by atoms with Gasteiger partial charge >= 0.3 is 11.9 Å². The molecular formula is C21H24O6. The van der Waals surface area contributed by atoms with Crippen LogP contribution in [-0.4, -0.2) is 43.1 Å². The van der Waals surface area contributed by atoms with E-state index in [2.05, 4.69) is 0 Å². The third-order valence-electron chi connectivity index (χ3n) is 5.51. The summed E-state index contributed by atoms with van der Waals surface area (Å²) in [5.74, 6) is -1.50. The van der Waals surface area contributed by atoms with Crippen LogP contribution in [0, 0.1) is 0 Å². The van der Waals surface area contributed by atoms with Crippen LogP contribution in [-0.2, 0) is 23.7 Å². The van der Waals surface area contributed by atoms with Gasteiger partial charge in [-0.2, -0.15) is 0 Å². The lowest BCUT2D eigenvalue weighted by molar-refractivity contribution is -0.198. The molecule has 0 radical (unpaired) electrons. The zero-order valence-electron chi connectivity index (χ0n) is 15.4. The fourth-order valence-electron chi connectivity index (χ4n) is 4.18. The predicted molar refractivity (Wildman–Crippen MR) is 95.9 cm³/mol. The van der Waals surface area contributed by atoms with Gasteiger partial charge < -0.3 is 18.9 Å². The van der Waals surface area contributed by atoms with Crippen LogP contribution in [0.3, 0.4) is 0 Å². The topological polar surface area (TPSA) is 71.1 Å². The van der Waals surface area contributed by atoms with Crippen molar-refractivity contribution in [3.05, 3.63) is 47.5 Å². The van der Waals surface area contributed by atoms with E-state index in [9.17, 15) is 9.59 Å². The maximum absolute atomic E-state index is 12.6. The summed E-state index contributed by atoms with van der Waals surface area (Å²) in [5, 5.41) is 0. The number of carbonyl (C=O) groups excluding carboxylic acids is 2. The third-order valence-corrected chi connectivity index (χ3v) is 5.51. The van der Waals surface area contributed by atoms with Crippen molar-refractivity contribution in [3.63, 3.8) is 0 Å². The van der Waals surface area contributed by atoms with Crippen LogP contribution in [0.15, 0.2) is 42.0 Å². The van der Waals surface area contributed by atoms with Crippen molar-refractivity contribution in [3.8, 4) is 0 Å². The molecule has 0 bridgehead atoms. The molecule has 3 atom stereocenters. The predicted octanol–water partition coefficient (Wildman–Crippen LogP) is 3.16. The Labute approximate surface area is 158 Å². The van der Waals surface area contributed by atoms with E-state index in [1.54, 1.807) is 30.3 Å². The fourth-order valence-corrected chi connectivity index (χ4v) is 4.18. The molecule has 0 N–H and O–H groups in total. The van der Waals surface area contributed by atoms with E-state index < -0.39 is 29.9 Å². The van der Waals surface area contributed by atoms with Crippen molar-refractivity contribution < 1.29 is 28.5 Å². The molecule has 0 amide bonds. The van der Waals surface area contributed by atoms with Gasteiger partial charge in [-0.25, -0.2) is 9.59 Å². The number of hydrogen-bond donors (Lipinski definition) is 0. The molecule has 6 nitrogen and oxygen atoms in total. The van der Waals surface area contributed by atoms with Crippen LogP contribution < -0.4 is 0 Å². The number of benzene rings is 1. The minimum absolute atomic E-state index is 0.323. The molecular weight excluding hydrogens is 348 g/mol. The molecule has 6 heteroatoms. The van der Waals surface area contributed by atoms with Gasteiger partial charge in [0.05, 0.1) is 18.8 Å². The molecule has 1 spiro atoms. The molecule has 1 saturated carbocycles. The van der Waals surface area contributed by atoms with Gasteiger partial charge in [0.2, 0.25) is 0 Å². The molecule has 144 valence electrons. The average molecular weight is 372 g/mol. The number of fused-ring (bicyclic) bond motifs is 1. The highest BCUT2D eigenvalue weighted by Crippen LogP contribution is 2.45. The van der Waals surface area contributed by atoms with Crippen LogP contribution in [0.1, 0.15) is 48.9 Å². The number of rotatable bonds is 3. The minimum atomic E-state index is -0.688. The van der Waals surface area contributed by atoms with E-state index in [1.165, 1.54) is 13.5 Å². The summed E-state index contributed by atoms with van der Waals surface area (Å²) in [4.78, 5) is 24.6. The number of ether oxygens (including phenoxy) is 4. The Hall–Kier alpha value is -2.18. The van der Waals surface area contributed by atoms with Crippen LogP contribution in [0.4, 0.5) is 0 Å². The first-order valence-electron chi connectivity index (χ1n) is 9.51. The molecule has 2 aliphatic carbocycles. The lowest BCUT2D eigenvalue weighted by Gasteiger charge is -2.32. The summed E-state index contributed by atoms with van der Waals surface area (Å²) in [7, 11) is 1.34. The average Bonchev–Trinajstić information content (AvgIpc) is 3.06. The van der Waals surface area contributed by atoms with Gasteiger partial charge in [0.25, 0.3) is 0 Å².